The molecule has 1 saturated heterocycles. The van der Waals surface area contributed by atoms with Crippen molar-refractivity contribution in [2.45, 2.75) is 19.3 Å². The Morgan fingerprint density at radius 1 is 1.35 bits per heavy atom. The van der Waals surface area contributed by atoms with Crippen LogP contribution in [0.15, 0.2) is 36.5 Å². The van der Waals surface area contributed by atoms with Gasteiger partial charge in [-0.15, -0.1) is 0 Å². The van der Waals surface area contributed by atoms with Crippen molar-refractivity contribution in [1.82, 2.24) is 25.1 Å². The fraction of sp³-hybridized carbons (Fsp3) is 0.316. The number of benzene rings is 1. The first-order valence-corrected chi connectivity index (χ1v) is 8.65. The zero-order chi connectivity index (χ0) is 18.1. The van der Waals surface area contributed by atoms with Gasteiger partial charge in [0.1, 0.15) is 17.3 Å². The first-order chi connectivity index (χ1) is 12.7. The Labute approximate surface area is 151 Å². The number of carbonyl (C=O) groups excluding carboxylic acids is 1. The second-order valence-corrected chi connectivity index (χ2v) is 6.54. The molecule has 0 saturated carbocycles. The molecule has 3 aromatic rings. The van der Waals surface area contributed by atoms with Gasteiger partial charge in [0.05, 0.1) is 7.11 Å². The van der Waals surface area contributed by atoms with Gasteiger partial charge in [0.2, 0.25) is 0 Å². The Morgan fingerprint density at radius 2 is 2.23 bits per heavy atom. The largest absolute Gasteiger partial charge is 0.497 e. The van der Waals surface area contributed by atoms with E-state index in [-0.39, 0.29) is 5.91 Å². The number of imidazole rings is 1. The molecule has 0 aliphatic carbocycles. The lowest BCUT2D eigenvalue weighted by molar-refractivity contribution is 0.0784. The molecule has 1 amide bonds. The Hall–Kier alpha value is -3.09. The van der Waals surface area contributed by atoms with E-state index >= 15 is 0 Å². The standard InChI is InChI=1S/C19H21N5O2/c1-12-17(22-18(21-12)13-4-3-5-15(10-13)26-2)19(25)24-9-7-14(11-24)16-6-8-20-23-16/h3-6,8,10,14H,7,9,11H2,1-2H3,(H,20,23)(H,21,22). The van der Waals surface area contributed by atoms with Gasteiger partial charge in [0.15, 0.2) is 0 Å². The van der Waals surface area contributed by atoms with Gasteiger partial charge in [-0.25, -0.2) is 4.98 Å². The van der Waals surface area contributed by atoms with E-state index in [2.05, 4.69) is 20.2 Å². The number of hydrogen-bond acceptors (Lipinski definition) is 4. The number of rotatable bonds is 4. The minimum Gasteiger partial charge on any atom is -0.497 e. The minimum absolute atomic E-state index is 0.0325. The van der Waals surface area contributed by atoms with E-state index in [1.807, 2.05) is 42.2 Å². The van der Waals surface area contributed by atoms with Crippen LogP contribution in [0.3, 0.4) is 0 Å². The average Bonchev–Trinajstić information content (AvgIpc) is 3.41. The molecule has 0 bridgehead atoms. The number of ether oxygens (including phenoxy) is 1. The summed E-state index contributed by atoms with van der Waals surface area (Å²) in [5.41, 5.74) is 3.23. The molecule has 2 aromatic heterocycles. The van der Waals surface area contributed by atoms with Crippen LogP contribution in [-0.4, -0.2) is 51.2 Å². The number of methoxy groups -OCH3 is 1. The van der Waals surface area contributed by atoms with Crippen molar-refractivity contribution in [3.05, 3.63) is 53.6 Å². The molecular weight excluding hydrogens is 330 g/mol. The van der Waals surface area contributed by atoms with Crippen LogP contribution < -0.4 is 4.74 Å². The van der Waals surface area contributed by atoms with Crippen LogP contribution >= 0.6 is 0 Å². The van der Waals surface area contributed by atoms with E-state index in [0.717, 1.165) is 35.7 Å². The first-order valence-electron chi connectivity index (χ1n) is 8.65. The van der Waals surface area contributed by atoms with Gasteiger partial charge in [0.25, 0.3) is 5.91 Å². The van der Waals surface area contributed by atoms with Crippen LogP contribution in [0.2, 0.25) is 0 Å². The molecule has 26 heavy (non-hydrogen) atoms. The third-order valence-electron chi connectivity index (χ3n) is 4.87. The summed E-state index contributed by atoms with van der Waals surface area (Å²) in [4.78, 5) is 22.6. The molecule has 1 atom stereocenters. The molecule has 2 N–H and O–H groups in total. The molecule has 1 aromatic carbocycles. The summed E-state index contributed by atoms with van der Waals surface area (Å²) in [5, 5.41) is 7.01. The number of hydrogen-bond donors (Lipinski definition) is 2. The molecule has 7 nitrogen and oxygen atoms in total. The average molecular weight is 351 g/mol. The monoisotopic (exact) mass is 351 g/mol. The molecule has 1 fully saturated rings. The van der Waals surface area contributed by atoms with Crippen molar-refractivity contribution in [2.24, 2.45) is 0 Å². The van der Waals surface area contributed by atoms with Gasteiger partial charge in [-0.2, -0.15) is 5.10 Å². The van der Waals surface area contributed by atoms with E-state index in [9.17, 15) is 4.79 Å². The van der Waals surface area contributed by atoms with E-state index in [0.29, 0.717) is 24.0 Å². The number of aromatic nitrogens is 4. The third kappa shape index (κ3) is 2.96. The molecule has 134 valence electrons. The van der Waals surface area contributed by atoms with Crippen molar-refractivity contribution in [3.63, 3.8) is 0 Å². The maximum absolute atomic E-state index is 12.9. The normalized spacial score (nSPS) is 16.8. The highest BCUT2D eigenvalue weighted by Crippen LogP contribution is 2.28. The lowest BCUT2D eigenvalue weighted by Crippen LogP contribution is -2.29. The number of H-pyrrole nitrogens is 2. The predicted octanol–water partition coefficient (Wildman–Crippen LogP) is 2.75. The maximum Gasteiger partial charge on any atom is 0.274 e. The SMILES string of the molecule is COc1cccc(-c2nc(C(=O)N3CCC(c4ccn[nH]4)C3)c(C)[nH]2)c1. The molecule has 1 aliphatic rings. The van der Waals surface area contributed by atoms with Crippen LogP contribution in [0.1, 0.15) is 34.2 Å². The van der Waals surface area contributed by atoms with Gasteiger partial charge < -0.3 is 14.6 Å². The molecule has 7 heteroatoms. The van der Waals surface area contributed by atoms with E-state index in [1.165, 1.54) is 0 Å². The lowest BCUT2D eigenvalue weighted by atomic mass is 10.1. The molecule has 0 spiro atoms. The van der Waals surface area contributed by atoms with Crippen molar-refractivity contribution >= 4 is 5.91 Å². The number of amides is 1. The molecule has 1 aliphatic heterocycles. The molecule has 1 unspecified atom stereocenters. The van der Waals surface area contributed by atoms with Gasteiger partial charge >= 0.3 is 0 Å². The zero-order valence-electron chi connectivity index (χ0n) is 14.8. The summed E-state index contributed by atoms with van der Waals surface area (Å²) in [6, 6.07) is 9.60. The summed E-state index contributed by atoms with van der Waals surface area (Å²) in [7, 11) is 1.63. The van der Waals surface area contributed by atoms with Crippen LogP contribution in [0.4, 0.5) is 0 Å². The van der Waals surface area contributed by atoms with Crippen molar-refractivity contribution in [1.29, 1.82) is 0 Å². The fourth-order valence-electron chi connectivity index (χ4n) is 3.42. The molecule has 4 rings (SSSR count). The third-order valence-corrected chi connectivity index (χ3v) is 4.87. The van der Waals surface area contributed by atoms with Crippen LogP contribution in [0, 0.1) is 6.92 Å². The predicted molar refractivity (Wildman–Crippen MR) is 97.2 cm³/mol. The Balaban J connectivity index is 1.54. The highest BCUT2D eigenvalue weighted by Gasteiger charge is 2.30. The molecule has 3 heterocycles. The van der Waals surface area contributed by atoms with Crippen molar-refractivity contribution in [3.8, 4) is 17.1 Å². The van der Waals surface area contributed by atoms with Crippen LogP contribution in [0.5, 0.6) is 5.75 Å². The van der Waals surface area contributed by atoms with Gasteiger partial charge in [-0.1, -0.05) is 12.1 Å². The number of aryl methyl sites for hydroxylation is 1. The number of carbonyl (C=O) groups is 1. The Kier molecular flexibility index (Phi) is 4.20. The first kappa shape index (κ1) is 16.4. The van der Waals surface area contributed by atoms with E-state index < -0.39 is 0 Å². The summed E-state index contributed by atoms with van der Waals surface area (Å²) in [6.07, 6.45) is 2.68. The summed E-state index contributed by atoms with van der Waals surface area (Å²) in [5.74, 6) is 1.70. The second kappa shape index (κ2) is 6.67. The number of nitrogens with one attached hydrogen (secondary N) is 2. The zero-order valence-corrected chi connectivity index (χ0v) is 14.8. The topological polar surface area (TPSA) is 86.9 Å². The summed E-state index contributed by atoms with van der Waals surface area (Å²) >= 11 is 0. The summed E-state index contributed by atoms with van der Waals surface area (Å²) < 4.78 is 5.26. The number of likely N-dealkylation sites (tertiary alicyclic amines) is 1. The molecule has 0 radical (unpaired) electrons. The Bertz CT molecular complexity index is 916. The Morgan fingerprint density at radius 3 is 3.00 bits per heavy atom. The highest BCUT2D eigenvalue weighted by molar-refractivity contribution is 5.94. The fourth-order valence-corrected chi connectivity index (χ4v) is 3.42. The van der Waals surface area contributed by atoms with Crippen LogP contribution in [0.25, 0.3) is 11.4 Å². The van der Waals surface area contributed by atoms with Crippen molar-refractivity contribution < 1.29 is 9.53 Å². The highest BCUT2D eigenvalue weighted by atomic mass is 16.5. The quantitative estimate of drug-likeness (QED) is 0.757. The van der Waals surface area contributed by atoms with E-state index in [4.69, 9.17) is 4.74 Å². The van der Waals surface area contributed by atoms with Gasteiger partial charge in [0, 0.05) is 42.2 Å². The molecular formula is C19H21N5O2. The van der Waals surface area contributed by atoms with Gasteiger partial charge in [-0.3, -0.25) is 9.89 Å². The maximum atomic E-state index is 12.9. The smallest absolute Gasteiger partial charge is 0.274 e. The number of aromatic amines is 2. The van der Waals surface area contributed by atoms with Crippen molar-refractivity contribution in [2.75, 3.05) is 20.2 Å². The lowest BCUT2D eigenvalue weighted by Gasteiger charge is -2.15. The van der Waals surface area contributed by atoms with Gasteiger partial charge in [-0.05, 0) is 31.5 Å². The second-order valence-electron chi connectivity index (χ2n) is 6.54. The number of nitrogens with zero attached hydrogens (tertiary/aromatic N) is 3. The minimum atomic E-state index is -0.0325. The summed E-state index contributed by atoms with van der Waals surface area (Å²) in [6.45, 7) is 3.29. The van der Waals surface area contributed by atoms with E-state index in [1.54, 1.807) is 13.3 Å². The van der Waals surface area contributed by atoms with Crippen LogP contribution in [-0.2, 0) is 0 Å².